The molecule has 0 saturated heterocycles. The highest BCUT2D eigenvalue weighted by Gasteiger charge is 2.12. The van der Waals surface area contributed by atoms with Gasteiger partial charge in [0.25, 0.3) is 5.91 Å². The van der Waals surface area contributed by atoms with Crippen LogP contribution in [-0.2, 0) is 4.79 Å². The molecule has 0 heterocycles. The van der Waals surface area contributed by atoms with E-state index in [-0.39, 0.29) is 17.7 Å². The minimum absolute atomic E-state index is 0.0927. The van der Waals surface area contributed by atoms with Crippen molar-refractivity contribution in [1.82, 2.24) is 0 Å². The molecule has 2 aromatic carbocycles. The molecule has 0 bridgehead atoms. The van der Waals surface area contributed by atoms with Crippen molar-refractivity contribution in [3.8, 4) is 5.75 Å². The smallest absolute Gasteiger partial charge is 0.255 e. The van der Waals surface area contributed by atoms with E-state index in [0.29, 0.717) is 22.7 Å². The molecule has 126 valence electrons. The second-order valence-corrected chi connectivity index (χ2v) is 5.88. The normalized spacial score (nSPS) is 10.4. The number of aryl methyl sites for hydroxylation is 1. The molecule has 0 fully saturated rings. The number of rotatable bonds is 5. The van der Waals surface area contributed by atoms with Gasteiger partial charge < -0.3 is 15.4 Å². The fraction of sp³-hybridized carbons (Fsp3) is 0.263. The molecule has 0 aromatic heterocycles. The minimum atomic E-state index is -0.195. The Bertz CT molecular complexity index is 754. The van der Waals surface area contributed by atoms with Crippen molar-refractivity contribution in [2.24, 2.45) is 5.92 Å². The Morgan fingerprint density at radius 1 is 1.04 bits per heavy atom. The van der Waals surface area contributed by atoms with Gasteiger partial charge in [-0.05, 0) is 31.2 Å². The predicted molar refractivity (Wildman–Crippen MR) is 95.6 cm³/mol. The monoisotopic (exact) mass is 326 g/mol. The van der Waals surface area contributed by atoms with Crippen LogP contribution in [0.1, 0.15) is 29.8 Å². The van der Waals surface area contributed by atoms with E-state index in [1.54, 1.807) is 24.3 Å². The number of nitrogens with one attached hydrogen (secondary N) is 2. The first-order valence-corrected chi connectivity index (χ1v) is 7.77. The van der Waals surface area contributed by atoms with Crippen molar-refractivity contribution < 1.29 is 14.3 Å². The molecule has 0 aliphatic rings. The largest absolute Gasteiger partial charge is 0.494 e. The van der Waals surface area contributed by atoms with E-state index in [9.17, 15) is 9.59 Å². The fourth-order valence-corrected chi connectivity index (χ4v) is 2.14. The zero-order valence-corrected chi connectivity index (χ0v) is 14.3. The summed E-state index contributed by atoms with van der Waals surface area (Å²) in [5.41, 5.74) is 2.78. The van der Waals surface area contributed by atoms with Gasteiger partial charge in [0.2, 0.25) is 5.91 Å². The van der Waals surface area contributed by atoms with Crippen LogP contribution in [0, 0.1) is 12.8 Å². The lowest BCUT2D eigenvalue weighted by molar-refractivity contribution is -0.118. The van der Waals surface area contributed by atoms with Gasteiger partial charge >= 0.3 is 0 Å². The molecule has 0 atom stereocenters. The van der Waals surface area contributed by atoms with Gasteiger partial charge in [-0.15, -0.1) is 0 Å². The summed E-state index contributed by atoms with van der Waals surface area (Å²) in [6, 6.07) is 12.5. The average Bonchev–Trinajstić information content (AvgIpc) is 2.55. The number of hydrogen-bond donors (Lipinski definition) is 2. The fourth-order valence-electron chi connectivity index (χ4n) is 2.14. The van der Waals surface area contributed by atoms with E-state index in [2.05, 4.69) is 10.6 Å². The molecule has 0 saturated carbocycles. The van der Waals surface area contributed by atoms with Gasteiger partial charge in [-0.25, -0.2) is 0 Å². The predicted octanol–water partition coefficient (Wildman–Crippen LogP) is 3.85. The summed E-state index contributed by atoms with van der Waals surface area (Å²) in [7, 11) is 1.52. The highest BCUT2D eigenvalue weighted by atomic mass is 16.5. The van der Waals surface area contributed by atoms with Crippen molar-refractivity contribution in [3.05, 3.63) is 53.6 Å². The summed E-state index contributed by atoms with van der Waals surface area (Å²) in [5.74, 6) is 0.0750. The summed E-state index contributed by atoms with van der Waals surface area (Å²) < 4.78 is 5.31. The summed E-state index contributed by atoms with van der Waals surface area (Å²) >= 11 is 0. The van der Waals surface area contributed by atoms with Crippen LogP contribution in [-0.4, -0.2) is 18.9 Å². The number of amides is 2. The van der Waals surface area contributed by atoms with E-state index in [1.165, 1.54) is 7.11 Å². The Hall–Kier alpha value is -2.82. The highest BCUT2D eigenvalue weighted by molar-refractivity contribution is 6.04. The zero-order valence-electron chi connectivity index (χ0n) is 14.3. The van der Waals surface area contributed by atoms with Gasteiger partial charge in [-0.1, -0.05) is 31.5 Å². The number of carbonyl (C=O) groups excluding carboxylic acids is 2. The summed E-state index contributed by atoms with van der Waals surface area (Å²) in [6.07, 6.45) is 0. The number of benzene rings is 2. The molecule has 0 aliphatic carbocycles. The van der Waals surface area contributed by atoms with E-state index in [1.807, 2.05) is 39.0 Å². The standard InChI is InChI=1S/C19H22N2O3/c1-12(2)18(22)21-16-9-8-15(11-17(16)24-4)20-19(23)14-7-5-6-13(3)10-14/h5-12H,1-4H3,(H,20,23)(H,21,22). The van der Waals surface area contributed by atoms with Crippen LogP contribution in [0.25, 0.3) is 0 Å². The van der Waals surface area contributed by atoms with Crippen LogP contribution in [0.3, 0.4) is 0 Å². The summed E-state index contributed by atoms with van der Waals surface area (Å²) in [5, 5.41) is 5.64. The first-order valence-electron chi connectivity index (χ1n) is 7.77. The van der Waals surface area contributed by atoms with Gasteiger partial charge in [0.1, 0.15) is 5.75 Å². The van der Waals surface area contributed by atoms with Crippen LogP contribution in [0.15, 0.2) is 42.5 Å². The van der Waals surface area contributed by atoms with Crippen molar-refractivity contribution in [2.45, 2.75) is 20.8 Å². The molecule has 2 aromatic rings. The van der Waals surface area contributed by atoms with Crippen molar-refractivity contribution in [2.75, 3.05) is 17.7 Å². The van der Waals surface area contributed by atoms with Crippen molar-refractivity contribution in [3.63, 3.8) is 0 Å². The number of methoxy groups -OCH3 is 1. The van der Waals surface area contributed by atoms with Gasteiger partial charge in [0.15, 0.2) is 0 Å². The third kappa shape index (κ3) is 4.35. The molecule has 2 amide bonds. The Kier molecular flexibility index (Phi) is 5.58. The maximum absolute atomic E-state index is 12.3. The summed E-state index contributed by atoms with van der Waals surface area (Å²) in [6.45, 7) is 5.57. The lowest BCUT2D eigenvalue weighted by atomic mass is 10.1. The number of anilines is 2. The third-order valence-electron chi connectivity index (χ3n) is 3.52. The molecule has 0 unspecified atom stereocenters. The van der Waals surface area contributed by atoms with Crippen LogP contribution in [0.2, 0.25) is 0 Å². The first-order chi connectivity index (χ1) is 11.4. The molecule has 0 radical (unpaired) electrons. The topological polar surface area (TPSA) is 67.4 Å². The molecular weight excluding hydrogens is 304 g/mol. The van der Waals surface area contributed by atoms with Gasteiger partial charge in [0.05, 0.1) is 12.8 Å². The molecule has 0 spiro atoms. The second-order valence-electron chi connectivity index (χ2n) is 5.88. The lowest BCUT2D eigenvalue weighted by Crippen LogP contribution is -2.18. The SMILES string of the molecule is COc1cc(NC(=O)c2cccc(C)c2)ccc1NC(=O)C(C)C. The van der Waals surface area contributed by atoms with Crippen LogP contribution >= 0.6 is 0 Å². The second kappa shape index (κ2) is 7.64. The van der Waals surface area contributed by atoms with Gasteiger partial charge in [-0.2, -0.15) is 0 Å². The quantitative estimate of drug-likeness (QED) is 0.877. The minimum Gasteiger partial charge on any atom is -0.494 e. The van der Waals surface area contributed by atoms with Crippen molar-refractivity contribution in [1.29, 1.82) is 0 Å². The molecule has 2 rings (SSSR count). The molecule has 5 heteroatoms. The van der Waals surface area contributed by atoms with Gasteiger partial charge in [-0.3, -0.25) is 9.59 Å². The third-order valence-corrected chi connectivity index (χ3v) is 3.52. The van der Waals surface area contributed by atoms with Crippen molar-refractivity contribution >= 4 is 23.2 Å². The number of ether oxygens (including phenoxy) is 1. The van der Waals surface area contributed by atoms with E-state index < -0.39 is 0 Å². The van der Waals surface area contributed by atoms with E-state index in [4.69, 9.17) is 4.74 Å². The maximum atomic E-state index is 12.3. The molecular formula is C19H22N2O3. The average molecular weight is 326 g/mol. The van der Waals surface area contributed by atoms with E-state index >= 15 is 0 Å². The highest BCUT2D eigenvalue weighted by Crippen LogP contribution is 2.28. The first kappa shape index (κ1) is 17.5. The Labute approximate surface area is 142 Å². The Balaban J connectivity index is 2.17. The number of hydrogen-bond acceptors (Lipinski definition) is 3. The zero-order chi connectivity index (χ0) is 17.7. The molecule has 5 nitrogen and oxygen atoms in total. The molecule has 24 heavy (non-hydrogen) atoms. The maximum Gasteiger partial charge on any atom is 0.255 e. The summed E-state index contributed by atoms with van der Waals surface area (Å²) in [4.78, 5) is 24.1. The van der Waals surface area contributed by atoms with Crippen LogP contribution < -0.4 is 15.4 Å². The Morgan fingerprint density at radius 2 is 1.79 bits per heavy atom. The van der Waals surface area contributed by atoms with E-state index in [0.717, 1.165) is 5.56 Å². The Morgan fingerprint density at radius 3 is 2.42 bits per heavy atom. The van der Waals surface area contributed by atoms with Gasteiger partial charge in [0, 0.05) is 23.2 Å². The molecule has 0 aliphatic heterocycles. The van der Waals surface area contributed by atoms with Crippen LogP contribution in [0.4, 0.5) is 11.4 Å². The van der Waals surface area contributed by atoms with Crippen LogP contribution in [0.5, 0.6) is 5.75 Å². The molecule has 2 N–H and O–H groups in total. The number of carbonyl (C=O) groups is 2. The lowest BCUT2D eigenvalue weighted by Gasteiger charge is -2.14.